The van der Waals surface area contributed by atoms with Crippen LogP contribution >= 0.6 is 11.6 Å². The molecule has 0 bridgehead atoms. The molecule has 2 aliphatic rings. The second kappa shape index (κ2) is 21.9. The Balaban J connectivity index is 0. The Labute approximate surface area is 309 Å². The molecule has 0 saturated heterocycles. The number of terminal acetylenes is 2. The normalized spacial score (nSPS) is 17.0. The molecule has 250 valence electrons. The zero-order valence-corrected chi connectivity index (χ0v) is 31.9. The maximum Gasteiger partial charge on any atom is 1.00 e. The first kappa shape index (κ1) is 44.1. The summed E-state index contributed by atoms with van der Waals surface area (Å²) in [7, 11) is 0. The molecular formula is C38H48ClNaO7. The molecule has 0 aliphatic heterocycles. The van der Waals surface area contributed by atoms with E-state index >= 15 is 0 Å². The second-order valence-corrected chi connectivity index (χ2v) is 11.4. The van der Waals surface area contributed by atoms with Crippen LogP contribution in [-0.2, 0) is 31.9 Å². The van der Waals surface area contributed by atoms with E-state index in [1.54, 1.807) is 20.8 Å². The molecule has 0 aromatic heterocycles. The number of esters is 2. The number of rotatable bonds is 5. The van der Waals surface area contributed by atoms with Crippen molar-refractivity contribution in [2.45, 2.75) is 80.6 Å². The molecule has 2 aromatic carbocycles. The number of ketones is 2. The van der Waals surface area contributed by atoms with Crippen molar-refractivity contribution in [2.75, 3.05) is 25.7 Å². The van der Waals surface area contributed by atoms with Gasteiger partial charge in [0.25, 0.3) is 0 Å². The first-order valence-electron chi connectivity index (χ1n) is 15.5. The average Bonchev–Trinajstić information content (AvgIpc) is 3.00. The molecule has 0 radical (unpaired) electrons. The van der Waals surface area contributed by atoms with Crippen LogP contribution in [0.1, 0.15) is 95.6 Å². The van der Waals surface area contributed by atoms with Gasteiger partial charge >= 0.3 is 41.5 Å². The van der Waals surface area contributed by atoms with Gasteiger partial charge in [-0.05, 0) is 109 Å². The van der Waals surface area contributed by atoms with E-state index in [-0.39, 0.29) is 68.2 Å². The maximum atomic E-state index is 13.0. The van der Waals surface area contributed by atoms with Gasteiger partial charge in [0.15, 0.2) is 11.6 Å². The number of Topliss-reactive ketones (excluding diaryl/α,β-unsaturated/α-hetero) is 2. The number of carbonyl (C=O) groups is 4. The van der Waals surface area contributed by atoms with E-state index in [1.807, 2.05) is 39.8 Å². The van der Waals surface area contributed by atoms with Gasteiger partial charge in [0.05, 0.1) is 19.1 Å². The van der Waals surface area contributed by atoms with Crippen LogP contribution in [-0.4, -0.2) is 54.3 Å². The summed E-state index contributed by atoms with van der Waals surface area (Å²) < 4.78 is 10.1. The number of aryl methyl sites for hydroxylation is 4. The largest absolute Gasteiger partial charge is 1.00 e. The van der Waals surface area contributed by atoms with Crippen LogP contribution < -0.4 is 29.6 Å². The Hall–Kier alpha value is -2.91. The van der Waals surface area contributed by atoms with E-state index in [4.69, 9.17) is 32.6 Å². The number of halogens is 1. The third-order valence-electron chi connectivity index (χ3n) is 7.70. The SMILES string of the molecule is C#CCCl.C#CC[C@]1(C(=O)OCC)CCc2c(C)cc(C)cc2C1=O.CCO.CCOC(=O)[C@H]1CCc2c(C)cc(C)cc2C1=O.[H-].[Na+]. The number of benzene rings is 2. The minimum atomic E-state index is -1.21. The molecule has 0 saturated carbocycles. The van der Waals surface area contributed by atoms with Gasteiger partial charge < -0.3 is 16.0 Å². The van der Waals surface area contributed by atoms with Gasteiger partial charge in [-0.2, -0.15) is 0 Å². The van der Waals surface area contributed by atoms with Crippen LogP contribution in [0.2, 0.25) is 0 Å². The van der Waals surface area contributed by atoms with Crippen molar-refractivity contribution < 1.29 is 64.7 Å². The molecule has 0 spiro atoms. The summed E-state index contributed by atoms with van der Waals surface area (Å²) in [4.78, 5) is 49.4. The number of hydrogen-bond acceptors (Lipinski definition) is 7. The Morgan fingerprint density at radius 1 is 0.915 bits per heavy atom. The number of fused-ring (bicyclic) bond motifs is 2. The van der Waals surface area contributed by atoms with E-state index in [0.717, 1.165) is 39.8 Å². The van der Waals surface area contributed by atoms with Crippen molar-refractivity contribution in [1.82, 2.24) is 0 Å². The summed E-state index contributed by atoms with van der Waals surface area (Å²) in [6.45, 7) is 13.9. The topological polar surface area (TPSA) is 107 Å². The average molecular weight is 675 g/mol. The number of alkyl halides is 1. The smallest absolute Gasteiger partial charge is 1.00 e. The minimum absolute atomic E-state index is 0. The predicted octanol–water partition coefficient (Wildman–Crippen LogP) is 3.59. The van der Waals surface area contributed by atoms with E-state index in [0.29, 0.717) is 42.9 Å². The molecule has 0 unspecified atom stereocenters. The molecule has 1 N–H and O–H groups in total. The molecule has 0 heterocycles. The first-order valence-corrected chi connectivity index (χ1v) is 16.0. The van der Waals surface area contributed by atoms with Crippen molar-refractivity contribution in [1.29, 1.82) is 0 Å². The molecular weight excluding hydrogens is 627 g/mol. The fourth-order valence-electron chi connectivity index (χ4n) is 5.75. The van der Waals surface area contributed by atoms with Crippen molar-refractivity contribution in [3.05, 3.63) is 68.8 Å². The number of hydrogen-bond donors (Lipinski definition) is 1. The molecule has 4 rings (SSSR count). The number of aliphatic hydroxyl groups excluding tert-OH is 1. The van der Waals surface area contributed by atoms with Gasteiger partial charge in [-0.25, -0.2) is 0 Å². The van der Waals surface area contributed by atoms with Crippen LogP contribution in [0.4, 0.5) is 0 Å². The Morgan fingerprint density at radius 2 is 1.40 bits per heavy atom. The van der Waals surface area contributed by atoms with Crippen LogP contribution in [0.3, 0.4) is 0 Å². The van der Waals surface area contributed by atoms with Crippen LogP contribution in [0.15, 0.2) is 24.3 Å². The Morgan fingerprint density at radius 3 is 1.87 bits per heavy atom. The number of aliphatic hydroxyl groups is 1. The molecule has 2 aromatic rings. The van der Waals surface area contributed by atoms with Crippen molar-refractivity contribution in [3.63, 3.8) is 0 Å². The molecule has 47 heavy (non-hydrogen) atoms. The van der Waals surface area contributed by atoms with E-state index in [1.165, 1.54) is 0 Å². The van der Waals surface area contributed by atoms with Crippen molar-refractivity contribution in [2.24, 2.45) is 11.3 Å². The van der Waals surface area contributed by atoms with Crippen LogP contribution in [0.5, 0.6) is 0 Å². The van der Waals surface area contributed by atoms with Gasteiger partial charge in [-0.1, -0.05) is 29.2 Å². The van der Waals surface area contributed by atoms with Gasteiger partial charge in [0, 0.05) is 24.2 Å². The summed E-state index contributed by atoms with van der Waals surface area (Å²) in [6.07, 6.45) is 12.6. The van der Waals surface area contributed by atoms with Crippen LogP contribution in [0, 0.1) is 63.7 Å². The van der Waals surface area contributed by atoms with Gasteiger partial charge in [-0.3, -0.25) is 19.2 Å². The van der Waals surface area contributed by atoms with E-state index in [2.05, 4.69) is 30.4 Å². The monoisotopic (exact) mass is 674 g/mol. The Bertz CT molecular complexity index is 1490. The maximum absolute atomic E-state index is 13.0. The third-order valence-corrected chi connectivity index (χ3v) is 7.85. The zero-order chi connectivity index (χ0) is 35.0. The Kier molecular flexibility index (Phi) is 20.5. The molecule has 7 nitrogen and oxygen atoms in total. The van der Waals surface area contributed by atoms with Crippen molar-refractivity contribution in [3.8, 4) is 24.7 Å². The molecule has 0 fully saturated rings. The molecule has 2 aliphatic carbocycles. The van der Waals surface area contributed by atoms with Crippen LogP contribution in [0.25, 0.3) is 0 Å². The standard InChI is InChI=1S/C18H20O3.C15H18O3.C3H3Cl.C2H6O.Na.H/c1-5-8-18(17(20)21-6-2)9-7-14-13(4)10-12(3)11-15(14)16(18)19;1-4-18-15(17)12-6-5-11-10(3)7-9(2)8-13(11)14(12)16;1-2-3-4;1-2-3;;/h1,10-11H,6-9H2,2-4H3;7-8,12H,4-6H2,1-3H3;1H,3H2;3H,2H2,1H3;;/q;;;;+1;-1/t18-;12-;;;;/m00..../s1. The number of carbonyl (C=O) groups excluding carboxylic acids is 4. The third kappa shape index (κ3) is 11.6. The summed E-state index contributed by atoms with van der Waals surface area (Å²) in [5.74, 6) is 3.25. The van der Waals surface area contributed by atoms with Gasteiger partial charge in [0.1, 0.15) is 11.3 Å². The van der Waals surface area contributed by atoms with Gasteiger partial charge in [-0.15, -0.1) is 30.4 Å². The second-order valence-electron chi connectivity index (χ2n) is 11.1. The number of ether oxygens (including phenoxy) is 2. The summed E-state index contributed by atoms with van der Waals surface area (Å²) in [6, 6.07) is 7.88. The van der Waals surface area contributed by atoms with Gasteiger partial charge in [0.2, 0.25) is 0 Å². The molecule has 9 heteroatoms. The van der Waals surface area contributed by atoms with Crippen molar-refractivity contribution >= 4 is 35.1 Å². The molecule has 0 amide bonds. The fourth-order valence-corrected chi connectivity index (χ4v) is 5.75. The quantitative estimate of drug-likeness (QED) is 0.170. The first-order chi connectivity index (χ1) is 21.8. The zero-order valence-electron chi connectivity index (χ0n) is 30.2. The molecule has 2 atom stereocenters. The summed E-state index contributed by atoms with van der Waals surface area (Å²) in [5.41, 5.74) is 6.55. The van der Waals surface area contributed by atoms with E-state index < -0.39 is 17.3 Å². The summed E-state index contributed by atoms with van der Waals surface area (Å²) in [5, 5.41) is 7.57. The fraction of sp³-hybridized carbons (Fsp3) is 0.474. The van der Waals surface area contributed by atoms with E-state index in [9.17, 15) is 19.2 Å². The minimum Gasteiger partial charge on any atom is -1.00 e. The predicted molar refractivity (Wildman–Crippen MR) is 183 cm³/mol. The summed E-state index contributed by atoms with van der Waals surface area (Å²) >= 11 is 4.95.